The van der Waals surface area contributed by atoms with Gasteiger partial charge in [-0.05, 0) is 54.7 Å². The van der Waals surface area contributed by atoms with Crippen LogP contribution in [0.5, 0.6) is 0 Å². The third-order valence-electron chi connectivity index (χ3n) is 8.08. The molecule has 4 rings (SSSR count). The van der Waals surface area contributed by atoms with E-state index in [-0.39, 0.29) is 35.5 Å². The van der Waals surface area contributed by atoms with E-state index in [4.69, 9.17) is 28.9 Å². The number of piperazine rings is 2. The number of hydrogen-bond donors (Lipinski definition) is 1. The molecule has 2 saturated heterocycles. The first kappa shape index (κ1) is 29.7. The molecular formula is C30H41Cl2N5O2. The van der Waals surface area contributed by atoms with Gasteiger partial charge in [-0.1, -0.05) is 68.2 Å². The van der Waals surface area contributed by atoms with Crippen molar-refractivity contribution in [3.05, 3.63) is 69.7 Å². The van der Waals surface area contributed by atoms with Crippen molar-refractivity contribution in [1.82, 2.24) is 19.6 Å². The summed E-state index contributed by atoms with van der Waals surface area (Å²) in [4.78, 5) is 34.1. The predicted molar refractivity (Wildman–Crippen MR) is 158 cm³/mol. The lowest BCUT2D eigenvalue weighted by Gasteiger charge is -2.50. The maximum atomic E-state index is 13.8. The van der Waals surface area contributed by atoms with Crippen LogP contribution in [0.2, 0.25) is 10.0 Å². The minimum atomic E-state index is -0.402. The molecule has 2 aromatic carbocycles. The van der Waals surface area contributed by atoms with E-state index in [1.165, 1.54) is 0 Å². The molecule has 0 aliphatic carbocycles. The van der Waals surface area contributed by atoms with Gasteiger partial charge in [-0.25, -0.2) is 4.79 Å². The van der Waals surface area contributed by atoms with E-state index in [0.29, 0.717) is 36.2 Å². The Morgan fingerprint density at radius 2 is 1.36 bits per heavy atom. The van der Waals surface area contributed by atoms with E-state index >= 15 is 0 Å². The Bertz CT molecular complexity index is 1090. The van der Waals surface area contributed by atoms with Crippen LogP contribution in [-0.2, 0) is 4.79 Å². The first-order chi connectivity index (χ1) is 18.3. The van der Waals surface area contributed by atoms with Crippen molar-refractivity contribution in [3.63, 3.8) is 0 Å². The molecule has 3 amide bonds. The number of benzene rings is 2. The van der Waals surface area contributed by atoms with Crippen molar-refractivity contribution >= 4 is 35.1 Å². The Labute approximate surface area is 242 Å². The molecule has 7 nitrogen and oxygen atoms in total. The monoisotopic (exact) mass is 573 g/mol. The smallest absolute Gasteiger partial charge is 0.315 e. The van der Waals surface area contributed by atoms with Gasteiger partial charge in [0.2, 0.25) is 5.91 Å². The standard InChI is InChI=1S/C30H41Cl2N5O2/c1-20-16-34(17-21(2)37(20)29(33)39)19-27(38)36-15-14-35(18-26(36)30(3,4)5)28(22-6-10-24(31)11-7-22)23-8-12-25(32)13-9-23/h6-13,20-21,26,28H,14-19H2,1-5H3,(H2,33,39)/t20-,21+,26-/m1/s1. The van der Waals surface area contributed by atoms with Crippen LogP contribution in [0.25, 0.3) is 0 Å². The second-order valence-electron chi connectivity index (χ2n) is 12.1. The second kappa shape index (κ2) is 12.0. The number of rotatable bonds is 5. The molecule has 212 valence electrons. The van der Waals surface area contributed by atoms with Gasteiger partial charge in [0.25, 0.3) is 0 Å². The van der Waals surface area contributed by atoms with Crippen LogP contribution in [0.3, 0.4) is 0 Å². The molecule has 0 aromatic heterocycles. The number of urea groups is 1. The number of primary amides is 1. The Balaban J connectivity index is 1.55. The lowest BCUT2D eigenvalue weighted by Crippen LogP contribution is -2.64. The number of halogens is 2. The molecule has 2 N–H and O–H groups in total. The number of nitrogens with zero attached hydrogens (tertiary/aromatic N) is 4. The summed E-state index contributed by atoms with van der Waals surface area (Å²) >= 11 is 12.4. The number of hydrogen-bond acceptors (Lipinski definition) is 4. The van der Waals surface area contributed by atoms with Gasteiger partial charge in [-0.3, -0.25) is 14.6 Å². The lowest BCUT2D eigenvalue weighted by atomic mass is 9.83. The topological polar surface area (TPSA) is 73.1 Å². The molecule has 2 aliphatic heterocycles. The fourth-order valence-electron chi connectivity index (χ4n) is 6.26. The number of carbonyl (C=O) groups excluding carboxylic acids is 2. The van der Waals surface area contributed by atoms with Crippen molar-refractivity contribution in [3.8, 4) is 0 Å². The molecule has 0 radical (unpaired) electrons. The Morgan fingerprint density at radius 3 is 1.79 bits per heavy atom. The van der Waals surface area contributed by atoms with Crippen LogP contribution in [0.15, 0.2) is 48.5 Å². The lowest BCUT2D eigenvalue weighted by molar-refractivity contribution is -0.142. The zero-order valence-electron chi connectivity index (χ0n) is 23.6. The largest absolute Gasteiger partial charge is 0.351 e. The molecule has 9 heteroatoms. The van der Waals surface area contributed by atoms with Gasteiger partial charge in [0.05, 0.1) is 12.6 Å². The van der Waals surface area contributed by atoms with E-state index in [0.717, 1.165) is 24.2 Å². The molecule has 3 atom stereocenters. The highest BCUT2D eigenvalue weighted by atomic mass is 35.5. The zero-order valence-corrected chi connectivity index (χ0v) is 25.1. The average Bonchev–Trinajstić information content (AvgIpc) is 2.85. The number of carbonyl (C=O) groups is 2. The van der Waals surface area contributed by atoms with Crippen molar-refractivity contribution in [2.24, 2.45) is 11.1 Å². The SMILES string of the molecule is C[C@@H]1CN(CC(=O)N2CCN(C(c3ccc(Cl)cc3)c3ccc(Cl)cc3)C[C@@H]2C(C)(C)C)C[C@H](C)N1C(N)=O. The number of amides is 3. The van der Waals surface area contributed by atoms with Crippen LogP contribution >= 0.6 is 23.2 Å². The van der Waals surface area contributed by atoms with Crippen LogP contribution in [0.4, 0.5) is 4.79 Å². The summed E-state index contributed by atoms with van der Waals surface area (Å²) in [5, 5.41) is 1.41. The first-order valence-corrected chi connectivity index (χ1v) is 14.4. The quantitative estimate of drug-likeness (QED) is 0.539. The van der Waals surface area contributed by atoms with Crippen LogP contribution in [0, 0.1) is 5.41 Å². The van der Waals surface area contributed by atoms with E-state index in [1.807, 2.05) is 38.1 Å². The minimum absolute atomic E-state index is 0.0187. The van der Waals surface area contributed by atoms with Gasteiger partial charge in [0.15, 0.2) is 0 Å². The number of nitrogens with two attached hydrogens (primary N) is 1. The van der Waals surface area contributed by atoms with E-state index in [9.17, 15) is 9.59 Å². The van der Waals surface area contributed by atoms with E-state index in [1.54, 1.807) is 4.90 Å². The molecule has 2 aromatic rings. The van der Waals surface area contributed by atoms with Crippen LogP contribution in [0.1, 0.15) is 51.8 Å². The molecule has 2 aliphatic rings. The van der Waals surface area contributed by atoms with Gasteiger partial charge in [-0.15, -0.1) is 0 Å². The maximum absolute atomic E-state index is 13.8. The summed E-state index contributed by atoms with van der Waals surface area (Å²) in [7, 11) is 0. The van der Waals surface area contributed by atoms with Crippen LogP contribution in [-0.4, -0.2) is 88.9 Å². The van der Waals surface area contributed by atoms with E-state index in [2.05, 4.69) is 59.7 Å². The normalized spacial score (nSPS) is 23.3. The highest BCUT2D eigenvalue weighted by molar-refractivity contribution is 6.30. The summed E-state index contributed by atoms with van der Waals surface area (Å²) < 4.78 is 0. The maximum Gasteiger partial charge on any atom is 0.315 e. The molecule has 0 bridgehead atoms. The van der Waals surface area contributed by atoms with Gasteiger partial charge in [0, 0.05) is 60.9 Å². The van der Waals surface area contributed by atoms with Crippen molar-refractivity contribution < 1.29 is 9.59 Å². The summed E-state index contributed by atoms with van der Waals surface area (Å²) in [6.07, 6.45) is 0. The molecule has 2 heterocycles. The molecular weight excluding hydrogens is 533 g/mol. The van der Waals surface area contributed by atoms with Gasteiger partial charge in [0.1, 0.15) is 0 Å². The summed E-state index contributed by atoms with van der Waals surface area (Å²) in [6.45, 7) is 14.3. The predicted octanol–water partition coefficient (Wildman–Crippen LogP) is 5.12. The highest BCUT2D eigenvalue weighted by Gasteiger charge is 2.41. The Morgan fingerprint density at radius 1 is 0.872 bits per heavy atom. The fourth-order valence-corrected chi connectivity index (χ4v) is 6.51. The average molecular weight is 575 g/mol. The fraction of sp³-hybridized carbons (Fsp3) is 0.533. The first-order valence-electron chi connectivity index (χ1n) is 13.7. The second-order valence-corrected chi connectivity index (χ2v) is 13.0. The van der Waals surface area contributed by atoms with Crippen LogP contribution < -0.4 is 5.73 Å². The zero-order chi connectivity index (χ0) is 28.5. The molecule has 39 heavy (non-hydrogen) atoms. The third kappa shape index (κ3) is 6.88. The van der Waals surface area contributed by atoms with Gasteiger partial charge < -0.3 is 15.5 Å². The van der Waals surface area contributed by atoms with Crippen molar-refractivity contribution in [1.29, 1.82) is 0 Å². The van der Waals surface area contributed by atoms with Crippen molar-refractivity contribution in [2.75, 3.05) is 39.3 Å². The summed E-state index contributed by atoms with van der Waals surface area (Å²) in [6, 6.07) is 15.6. The minimum Gasteiger partial charge on any atom is -0.351 e. The molecule has 0 spiro atoms. The molecule has 0 saturated carbocycles. The van der Waals surface area contributed by atoms with Gasteiger partial charge in [-0.2, -0.15) is 0 Å². The van der Waals surface area contributed by atoms with Crippen molar-refractivity contribution in [2.45, 2.75) is 58.8 Å². The van der Waals surface area contributed by atoms with Gasteiger partial charge >= 0.3 is 6.03 Å². The highest BCUT2D eigenvalue weighted by Crippen LogP contribution is 2.36. The Hall–Kier alpha value is -2.32. The van der Waals surface area contributed by atoms with E-state index < -0.39 is 6.03 Å². The summed E-state index contributed by atoms with van der Waals surface area (Å²) in [5.41, 5.74) is 7.78. The molecule has 2 fully saturated rings. The third-order valence-corrected chi connectivity index (χ3v) is 8.58. The summed E-state index contributed by atoms with van der Waals surface area (Å²) in [5.74, 6) is 0.135. The molecule has 0 unspecified atom stereocenters. The Kier molecular flexibility index (Phi) is 9.16.